The van der Waals surface area contributed by atoms with Crippen molar-refractivity contribution in [3.8, 4) is 0 Å². The lowest BCUT2D eigenvalue weighted by Gasteiger charge is -2.17. The summed E-state index contributed by atoms with van der Waals surface area (Å²) in [5, 5.41) is 2.95. The fourth-order valence-electron chi connectivity index (χ4n) is 1.00. The van der Waals surface area contributed by atoms with E-state index in [1.54, 1.807) is 19.5 Å². The Morgan fingerprint density at radius 3 is 2.93 bits per heavy atom. The second-order valence-electron chi connectivity index (χ2n) is 2.93. The van der Waals surface area contributed by atoms with Crippen LogP contribution >= 0.6 is 0 Å². The molecule has 0 aromatic carbocycles. The van der Waals surface area contributed by atoms with Crippen LogP contribution in [0.5, 0.6) is 0 Å². The first kappa shape index (κ1) is 10.7. The first-order valence-electron chi connectivity index (χ1n) is 4.47. The Labute approximate surface area is 84.1 Å². The minimum atomic E-state index is 0.683. The van der Waals surface area contributed by atoms with Gasteiger partial charge in [-0.05, 0) is 0 Å². The number of nitrogens with zero attached hydrogens (tertiary/aromatic N) is 3. The third kappa shape index (κ3) is 2.85. The number of likely N-dealkylation sites (N-methyl/N-ethyl adjacent to an activating group) is 1. The maximum absolute atomic E-state index is 4.99. The molecule has 0 aliphatic carbocycles. The average Bonchev–Trinajstić information content (AvgIpc) is 2.26. The van der Waals surface area contributed by atoms with E-state index in [-0.39, 0.29) is 0 Å². The standard InChI is InChI=1S/C9H16N4O/c1-10-8-6-11-7-9(12-8)13(2)4-5-14-3/h6-7H,4-5H2,1-3H3,(H,10,12). The quantitative estimate of drug-likeness (QED) is 0.747. The zero-order valence-corrected chi connectivity index (χ0v) is 8.82. The van der Waals surface area contributed by atoms with Gasteiger partial charge in [-0.3, -0.25) is 4.98 Å². The Kier molecular flexibility index (Phi) is 4.12. The average molecular weight is 196 g/mol. The zero-order chi connectivity index (χ0) is 10.4. The molecule has 1 heterocycles. The summed E-state index contributed by atoms with van der Waals surface area (Å²) in [6.45, 7) is 1.49. The lowest BCUT2D eigenvalue weighted by Crippen LogP contribution is -2.23. The van der Waals surface area contributed by atoms with Crippen LogP contribution in [0.3, 0.4) is 0 Å². The van der Waals surface area contributed by atoms with Crippen LogP contribution in [0, 0.1) is 0 Å². The van der Waals surface area contributed by atoms with E-state index in [2.05, 4.69) is 15.3 Å². The molecule has 5 nitrogen and oxygen atoms in total. The third-order valence-electron chi connectivity index (χ3n) is 1.90. The second kappa shape index (κ2) is 5.39. The van der Waals surface area contributed by atoms with Crippen molar-refractivity contribution in [1.29, 1.82) is 0 Å². The van der Waals surface area contributed by atoms with Crippen LogP contribution in [0.25, 0.3) is 0 Å². The molecule has 0 atom stereocenters. The number of hydrogen-bond acceptors (Lipinski definition) is 5. The van der Waals surface area contributed by atoms with Gasteiger partial charge in [-0.2, -0.15) is 0 Å². The van der Waals surface area contributed by atoms with Gasteiger partial charge in [-0.25, -0.2) is 4.98 Å². The van der Waals surface area contributed by atoms with E-state index >= 15 is 0 Å². The number of hydrogen-bond donors (Lipinski definition) is 1. The topological polar surface area (TPSA) is 50.3 Å². The molecule has 0 aliphatic heterocycles. The van der Waals surface area contributed by atoms with E-state index in [4.69, 9.17) is 4.74 Å². The smallest absolute Gasteiger partial charge is 0.149 e. The fraction of sp³-hybridized carbons (Fsp3) is 0.556. The number of nitrogens with one attached hydrogen (secondary N) is 1. The Bertz CT molecular complexity index is 279. The number of rotatable bonds is 5. The number of ether oxygens (including phenoxy) is 1. The molecule has 1 aromatic heterocycles. The van der Waals surface area contributed by atoms with Crippen molar-refractivity contribution in [1.82, 2.24) is 9.97 Å². The van der Waals surface area contributed by atoms with Crippen molar-refractivity contribution in [3.05, 3.63) is 12.4 Å². The van der Waals surface area contributed by atoms with E-state index in [0.717, 1.165) is 18.2 Å². The third-order valence-corrected chi connectivity index (χ3v) is 1.90. The molecule has 0 fully saturated rings. The SMILES string of the molecule is CNc1cncc(N(C)CCOC)n1. The monoisotopic (exact) mass is 196 g/mol. The normalized spacial score (nSPS) is 9.93. The summed E-state index contributed by atoms with van der Waals surface area (Å²) in [4.78, 5) is 10.4. The van der Waals surface area contributed by atoms with Crippen LogP contribution in [-0.2, 0) is 4.74 Å². The van der Waals surface area contributed by atoms with Gasteiger partial charge in [0.25, 0.3) is 0 Å². The van der Waals surface area contributed by atoms with Gasteiger partial charge in [0.05, 0.1) is 19.0 Å². The molecular formula is C9H16N4O. The summed E-state index contributed by atoms with van der Waals surface area (Å²) < 4.78 is 4.99. The highest BCUT2D eigenvalue weighted by Crippen LogP contribution is 2.09. The summed E-state index contributed by atoms with van der Waals surface area (Å²) in [7, 11) is 5.47. The summed E-state index contributed by atoms with van der Waals surface area (Å²) in [6, 6.07) is 0. The molecule has 0 radical (unpaired) electrons. The van der Waals surface area contributed by atoms with Gasteiger partial charge in [-0.1, -0.05) is 0 Å². The number of aromatic nitrogens is 2. The molecule has 0 bridgehead atoms. The van der Waals surface area contributed by atoms with E-state index in [9.17, 15) is 0 Å². The van der Waals surface area contributed by atoms with Crippen LogP contribution in [-0.4, -0.2) is 44.3 Å². The first-order valence-corrected chi connectivity index (χ1v) is 4.47. The minimum Gasteiger partial charge on any atom is -0.383 e. The van der Waals surface area contributed by atoms with Gasteiger partial charge in [-0.15, -0.1) is 0 Å². The highest BCUT2D eigenvalue weighted by Gasteiger charge is 2.02. The zero-order valence-electron chi connectivity index (χ0n) is 8.82. The van der Waals surface area contributed by atoms with E-state index < -0.39 is 0 Å². The molecule has 0 unspecified atom stereocenters. The molecule has 0 aliphatic rings. The largest absolute Gasteiger partial charge is 0.383 e. The van der Waals surface area contributed by atoms with Gasteiger partial charge >= 0.3 is 0 Å². The summed E-state index contributed by atoms with van der Waals surface area (Å²) in [5.74, 6) is 1.61. The van der Waals surface area contributed by atoms with Crippen LogP contribution in [0.15, 0.2) is 12.4 Å². The minimum absolute atomic E-state index is 0.683. The van der Waals surface area contributed by atoms with E-state index in [0.29, 0.717) is 6.61 Å². The molecule has 5 heteroatoms. The molecule has 0 amide bonds. The fourth-order valence-corrected chi connectivity index (χ4v) is 1.00. The van der Waals surface area contributed by atoms with Gasteiger partial charge in [0.15, 0.2) is 0 Å². The molecule has 0 saturated heterocycles. The summed E-state index contributed by atoms with van der Waals surface area (Å²) >= 11 is 0. The second-order valence-corrected chi connectivity index (χ2v) is 2.93. The molecule has 0 spiro atoms. The lowest BCUT2D eigenvalue weighted by molar-refractivity contribution is 0.206. The van der Waals surface area contributed by atoms with Crippen molar-refractivity contribution < 1.29 is 4.74 Å². The summed E-state index contributed by atoms with van der Waals surface area (Å²) in [6.07, 6.45) is 3.42. The summed E-state index contributed by atoms with van der Waals surface area (Å²) in [5.41, 5.74) is 0. The van der Waals surface area contributed by atoms with Crippen molar-refractivity contribution in [2.24, 2.45) is 0 Å². The van der Waals surface area contributed by atoms with Crippen molar-refractivity contribution in [3.63, 3.8) is 0 Å². The Hall–Kier alpha value is -1.36. The van der Waals surface area contributed by atoms with E-state index in [1.807, 2.05) is 19.0 Å². The Balaban J connectivity index is 2.64. The maximum atomic E-state index is 4.99. The Morgan fingerprint density at radius 1 is 1.50 bits per heavy atom. The van der Waals surface area contributed by atoms with Crippen LogP contribution in [0.1, 0.15) is 0 Å². The van der Waals surface area contributed by atoms with Crippen LogP contribution in [0.4, 0.5) is 11.6 Å². The molecular weight excluding hydrogens is 180 g/mol. The van der Waals surface area contributed by atoms with Crippen molar-refractivity contribution in [2.75, 3.05) is 44.6 Å². The number of methoxy groups -OCH3 is 1. The molecule has 1 rings (SSSR count). The van der Waals surface area contributed by atoms with Crippen molar-refractivity contribution >= 4 is 11.6 Å². The number of anilines is 2. The highest BCUT2D eigenvalue weighted by atomic mass is 16.5. The van der Waals surface area contributed by atoms with Gasteiger partial charge in [0.2, 0.25) is 0 Å². The van der Waals surface area contributed by atoms with Gasteiger partial charge in [0.1, 0.15) is 11.6 Å². The van der Waals surface area contributed by atoms with Gasteiger partial charge < -0.3 is 15.0 Å². The Morgan fingerprint density at radius 2 is 2.29 bits per heavy atom. The van der Waals surface area contributed by atoms with Gasteiger partial charge in [0, 0.05) is 27.7 Å². The maximum Gasteiger partial charge on any atom is 0.149 e. The lowest BCUT2D eigenvalue weighted by atomic mass is 10.5. The molecule has 0 saturated carbocycles. The first-order chi connectivity index (χ1) is 6.77. The molecule has 14 heavy (non-hydrogen) atoms. The molecule has 78 valence electrons. The molecule has 1 N–H and O–H groups in total. The predicted molar refractivity (Wildman–Crippen MR) is 56.7 cm³/mol. The highest BCUT2D eigenvalue weighted by molar-refractivity contribution is 5.42. The van der Waals surface area contributed by atoms with Crippen molar-refractivity contribution in [2.45, 2.75) is 0 Å². The molecule has 1 aromatic rings. The van der Waals surface area contributed by atoms with Crippen LogP contribution < -0.4 is 10.2 Å². The van der Waals surface area contributed by atoms with Crippen LogP contribution in [0.2, 0.25) is 0 Å². The van der Waals surface area contributed by atoms with E-state index in [1.165, 1.54) is 0 Å². The predicted octanol–water partition coefficient (Wildman–Crippen LogP) is 0.601.